The number of hydrogen-bond acceptors (Lipinski definition) is 7. The number of nitrogens with zero attached hydrogens (tertiary/aromatic N) is 6. The quantitative estimate of drug-likeness (QED) is 0.337. The van der Waals surface area contributed by atoms with Gasteiger partial charge in [-0.05, 0) is 36.6 Å². The number of hydrogen-bond donors (Lipinski definition) is 1. The predicted octanol–water partition coefficient (Wildman–Crippen LogP) is 2.95. The van der Waals surface area contributed by atoms with Crippen molar-refractivity contribution >= 4 is 46.2 Å². The highest BCUT2D eigenvalue weighted by molar-refractivity contribution is 8.02. The van der Waals surface area contributed by atoms with Gasteiger partial charge in [0.05, 0.1) is 28.7 Å². The zero-order valence-corrected chi connectivity index (χ0v) is 25.0. The van der Waals surface area contributed by atoms with Gasteiger partial charge >= 0.3 is 0 Å². The zero-order chi connectivity index (χ0) is 30.3. The number of thioether (sulfide) groups is 1. The van der Waals surface area contributed by atoms with Crippen LogP contribution in [0.2, 0.25) is 0 Å². The number of aromatic nitrogens is 3. The summed E-state index contributed by atoms with van der Waals surface area (Å²) in [4.78, 5) is 48.2. The lowest BCUT2D eigenvalue weighted by Crippen LogP contribution is -2.58. The maximum absolute atomic E-state index is 14.7. The van der Waals surface area contributed by atoms with Crippen LogP contribution in [0.15, 0.2) is 79.9 Å². The summed E-state index contributed by atoms with van der Waals surface area (Å²) in [5.41, 5.74) is 2.24. The molecule has 3 aromatic rings. The fourth-order valence-electron chi connectivity index (χ4n) is 7.40. The average Bonchev–Trinajstić information content (AvgIpc) is 3.73. The summed E-state index contributed by atoms with van der Waals surface area (Å²) < 4.78 is 0.857. The van der Waals surface area contributed by atoms with Gasteiger partial charge in [-0.2, -0.15) is 0 Å². The third-order valence-corrected chi connectivity index (χ3v) is 11.2. The van der Waals surface area contributed by atoms with Crippen LogP contribution in [0.5, 0.6) is 0 Å². The van der Waals surface area contributed by atoms with Crippen LogP contribution in [0.3, 0.4) is 0 Å². The summed E-state index contributed by atoms with van der Waals surface area (Å²) in [6.45, 7) is 10.2. The van der Waals surface area contributed by atoms with Crippen LogP contribution in [0.4, 0.5) is 5.69 Å². The SMILES string of the molecule is C=CCN(Cn1nnc2ccccc21)C(=O)C1N(CCO)C(=O)[C@@H]2[C@@H](C(=O)N(CC=C)c3ccccc3)[C@H]3CC(C)C12S3. The van der Waals surface area contributed by atoms with Crippen molar-refractivity contribution in [2.24, 2.45) is 17.8 Å². The standard InChI is InChI=1S/C32H36N6O4S/c1-4-15-35(20-38-24-14-10-9-13-23(24)33-34-38)31(42)28-32-21(3)19-25(43-32)26(27(32)30(41)37(28)17-18-39)29(40)36(16-5-2)22-11-7-6-8-12-22/h4-14,21,25-28,39H,1-2,15-20H2,3H3/t21?,25-,26+,27+,28?,32?/m1/s1. The van der Waals surface area contributed by atoms with E-state index in [0.717, 1.165) is 11.2 Å². The Hall–Kier alpha value is -3.96. The molecule has 3 aliphatic rings. The van der Waals surface area contributed by atoms with E-state index >= 15 is 0 Å². The third kappa shape index (κ3) is 4.56. The molecule has 6 atom stereocenters. The molecule has 0 radical (unpaired) electrons. The predicted molar refractivity (Wildman–Crippen MR) is 166 cm³/mol. The van der Waals surface area contributed by atoms with E-state index in [1.807, 2.05) is 54.6 Å². The van der Waals surface area contributed by atoms with E-state index in [1.54, 1.807) is 38.4 Å². The second-order valence-corrected chi connectivity index (χ2v) is 13.0. The smallest absolute Gasteiger partial charge is 0.248 e. The molecule has 3 amide bonds. The molecule has 1 N–H and O–H groups in total. The fraction of sp³-hybridized carbons (Fsp3) is 0.406. The van der Waals surface area contributed by atoms with Gasteiger partial charge in [0.2, 0.25) is 17.7 Å². The zero-order valence-electron chi connectivity index (χ0n) is 24.2. The largest absolute Gasteiger partial charge is 0.395 e. The summed E-state index contributed by atoms with van der Waals surface area (Å²) >= 11 is 1.62. The lowest BCUT2D eigenvalue weighted by molar-refractivity contribution is -0.144. The molecular weight excluding hydrogens is 564 g/mol. The van der Waals surface area contributed by atoms with Gasteiger partial charge in [-0.3, -0.25) is 14.4 Å². The number of carbonyl (C=O) groups excluding carboxylic acids is 3. The number of rotatable bonds is 11. The van der Waals surface area contributed by atoms with Crippen molar-refractivity contribution in [2.75, 3.05) is 31.1 Å². The van der Waals surface area contributed by atoms with E-state index in [9.17, 15) is 19.5 Å². The van der Waals surface area contributed by atoms with Crippen molar-refractivity contribution in [3.05, 3.63) is 79.9 Å². The van der Waals surface area contributed by atoms with Crippen LogP contribution in [-0.4, -0.2) is 89.9 Å². The Balaban J connectivity index is 1.38. The molecule has 11 heteroatoms. The van der Waals surface area contributed by atoms with E-state index in [0.29, 0.717) is 18.5 Å². The molecule has 0 aliphatic carbocycles. The summed E-state index contributed by atoms with van der Waals surface area (Å²) in [7, 11) is 0. The van der Waals surface area contributed by atoms with Crippen LogP contribution >= 0.6 is 11.8 Å². The van der Waals surface area contributed by atoms with Gasteiger partial charge in [-0.25, -0.2) is 4.68 Å². The molecule has 0 saturated carbocycles. The van der Waals surface area contributed by atoms with E-state index in [1.165, 1.54) is 4.90 Å². The minimum Gasteiger partial charge on any atom is -0.395 e. The number of β-amino-alcohol motifs (C(OH)–C–C–N with tert-alkyl or cyclic N) is 1. The van der Waals surface area contributed by atoms with E-state index in [2.05, 4.69) is 30.4 Å². The van der Waals surface area contributed by atoms with Crippen LogP contribution in [0, 0.1) is 17.8 Å². The number of carbonyl (C=O) groups is 3. The number of aliphatic hydroxyl groups excluding tert-OH is 1. The molecule has 3 aliphatic heterocycles. The Labute approximate surface area is 255 Å². The van der Waals surface area contributed by atoms with Crippen molar-refractivity contribution in [3.63, 3.8) is 0 Å². The first-order chi connectivity index (χ1) is 20.9. The molecular formula is C32H36N6O4S. The Morgan fingerprint density at radius 2 is 1.81 bits per heavy atom. The fourth-order valence-corrected chi connectivity index (χ4v) is 9.81. The molecule has 1 spiro atoms. The molecule has 3 saturated heterocycles. The number of likely N-dealkylation sites (tertiary alicyclic amines) is 1. The van der Waals surface area contributed by atoms with Gasteiger partial charge in [0.25, 0.3) is 0 Å². The van der Waals surface area contributed by atoms with Crippen LogP contribution < -0.4 is 4.90 Å². The number of benzene rings is 2. The number of anilines is 1. The summed E-state index contributed by atoms with van der Waals surface area (Å²) in [6, 6.07) is 16.1. The number of para-hydroxylation sites is 2. The first-order valence-electron chi connectivity index (χ1n) is 14.6. The lowest BCUT2D eigenvalue weighted by Gasteiger charge is -2.41. The molecule has 1 aromatic heterocycles. The van der Waals surface area contributed by atoms with Gasteiger partial charge in [-0.15, -0.1) is 30.0 Å². The molecule has 3 fully saturated rings. The van der Waals surface area contributed by atoms with E-state index < -0.39 is 22.6 Å². The maximum Gasteiger partial charge on any atom is 0.248 e. The Bertz CT molecular complexity index is 1560. The third-order valence-electron chi connectivity index (χ3n) is 9.14. The number of fused-ring (bicyclic) bond motifs is 2. The topological polar surface area (TPSA) is 112 Å². The average molecular weight is 601 g/mol. The van der Waals surface area contributed by atoms with Crippen molar-refractivity contribution in [1.82, 2.24) is 24.8 Å². The minimum absolute atomic E-state index is 0.000466. The number of amides is 3. The second kappa shape index (κ2) is 11.6. The molecule has 43 heavy (non-hydrogen) atoms. The monoisotopic (exact) mass is 600 g/mol. The molecule has 3 unspecified atom stereocenters. The summed E-state index contributed by atoms with van der Waals surface area (Å²) in [5.74, 6) is -1.91. The van der Waals surface area contributed by atoms with E-state index in [-0.39, 0.29) is 55.3 Å². The highest BCUT2D eigenvalue weighted by Crippen LogP contribution is 2.69. The van der Waals surface area contributed by atoms with Gasteiger partial charge in [0, 0.05) is 30.6 Å². The van der Waals surface area contributed by atoms with Gasteiger partial charge < -0.3 is 19.8 Å². The Kier molecular flexibility index (Phi) is 7.87. The van der Waals surface area contributed by atoms with Gasteiger partial charge in [-0.1, -0.05) is 54.6 Å². The normalized spacial score (nSPS) is 27.3. The number of aliphatic hydroxyl groups is 1. The minimum atomic E-state index is -0.848. The maximum atomic E-state index is 14.7. The lowest BCUT2D eigenvalue weighted by atomic mass is 9.65. The first kappa shape index (κ1) is 29.1. The Morgan fingerprint density at radius 3 is 2.53 bits per heavy atom. The van der Waals surface area contributed by atoms with Crippen molar-refractivity contribution in [2.45, 2.75) is 36.1 Å². The molecule has 6 rings (SSSR count). The van der Waals surface area contributed by atoms with Crippen molar-refractivity contribution in [1.29, 1.82) is 0 Å². The van der Waals surface area contributed by atoms with Crippen LogP contribution in [0.1, 0.15) is 13.3 Å². The highest BCUT2D eigenvalue weighted by atomic mass is 32.2. The van der Waals surface area contributed by atoms with Gasteiger partial charge in [0.15, 0.2) is 0 Å². The second-order valence-electron chi connectivity index (χ2n) is 11.4. The summed E-state index contributed by atoms with van der Waals surface area (Å²) in [5, 5.41) is 18.4. The highest BCUT2D eigenvalue weighted by Gasteiger charge is 2.76. The molecule has 224 valence electrons. The summed E-state index contributed by atoms with van der Waals surface area (Å²) in [6.07, 6.45) is 4.06. The van der Waals surface area contributed by atoms with Crippen LogP contribution in [0.25, 0.3) is 11.0 Å². The van der Waals surface area contributed by atoms with Crippen molar-refractivity contribution < 1.29 is 19.5 Å². The van der Waals surface area contributed by atoms with Crippen molar-refractivity contribution in [3.8, 4) is 0 Å². The van der Waals surface area contributed by atoms with Crippen LogP contribution in [-0.2, 0) is 21.1 Å². The Morgan fingerprint density at radius 1 is 1.09 bits per heavy atom. The van der Waals surface area contributed by atoms with E-state index in [4.69, 9.17) is 0 Å². The molecule has 4 heterocycles. The molecule has 2 aromatic carbocycles. The molecule has 2 bridgehead atoms. The first-order valence-corrected chi connectivity index (χ1v) is 15.5. The molecule has 10 nitrogen and oxygen atoms in total. The van der Waals surface area contributed by atoms with Gasteiger partial charge in [0.1, 0.15) is 18.2 Å².